The van der Waals surface area contributed by atoms with Crippen molar-refractivity contribution in [2.75, 3.05) is 11.9 Å². The Morgan fingerprint density at radius 2 is 2.29 bits per heavy atom. The summed E-state index contributed by atoms with van der Waals surface area (Å²) in [5.41, 5.74) is 0. The van der Waals surface area contributed by atoms with E-state index in [2.05, 4.69) is 15.5 Å². The van der Waals surface area contributed by atoms with E-state index in [0.29, 0.717) is 17.7 Å². The van der Waals surface area contributed by atoms with Crippen molar-refractivity contribution in [3.8, 4) is 0 Å². The number of carbonyl (C=O) groups is 1. The standard InChI is InChI=1S/C8H13N3O2S/c1-4-13-8(12)9-7-11-10-6(14-7)5(2)3/h5H,4H2,1-3H3,(H,9,11,12). The summed E-state index contributed by atoms with van der Waals surface area (Å²) in [6.07, 6.45) is -0.487. The molecule has 0 aliphatic rings. The molecule has 0 bridgehead atoms. The Bertz CT molecular complexity index is 311. The van der Waals surface area contributed by atoms with Crippen LogP contribution in [0.25, 0.3) is 0 Å². The topological polar surface area (TPSA) is 64.1 Å². The van der Waals surface area contributed by atoms with Gasteiger partial charge in [-0.05, 0) is 6.92 Å². The molecule has 78 valence electrons. The van der Waals surface area contributed by atoms with Gasteiger partial charge in [0.2, 0.25) is 5.13 Å². The molecule has 0 fully saturated rings. The summed E-state index contributed by atoms with van der Waals surface area (Å²) >= 11 is 1.36. The molecule has 0 aliphatic carbocycles. The number of anilines is 1. The van der Waals surface area contributed by atoms with Crippen LogP contribution in [0, 0.1) is 0 Å². The van der Waals surface area contributed by atoms with E-state index in [-0.39, 0.29) is 0 Å². The molecule has 0 saturated heterocycles. The van der Waals surface area contributed by atoms with Gasteiger partial charge in [-0.15, -0.1) is 10.2 Å². The Hall–Kier alpha value is -1.17. The van der Waals surface area contributed by atoms with Crippen LogP contribution in [0.4, 0.5) is 9.93 Å². The van der Waals surface area contributed by atoms with Crippen molar-refractivity contribution in [2.24, 2.45) is 0 Å². The number of nitrogens with zero attached hydrogens (tertiary/aromatic N) is 2. The Morgan fingerprint density at radius 3 is 2.79 bits per heavy atom. The van der Waals surface area contributed by atoms with Gasteiger partial charge >= 0.3 is 6.09 Å². The van der Waals surface area contributed by atoms with Crippen molar-refractivity contribution in [1.82, 2.24) is 10.2 Å². The molecular weight excluding hydrogens is 202 g/mol. The molecule has 0 atom stereocenters. The molecular formula is C8H13N3O2S. The van der Waals surface area contributed by atoms with Gasteiger partial charge in [0.15, 0.2) is 0 Å². The third kappa shape index (κ3) is 2.95. The first-order valence-corrected chi connectivity index (χ1v) is 5.22. The molecule has 0 unspecified atom stereocenters. The SMILES string of the molecule is CCOC(=O)Nc1nnc(C(C)C)s1. The fourth-order valence-electron chi connectivity index (χ4n) is 0.773. The highest BCUT2D eigenvalue weighted by atomic mass is 32.1. The quantitative estimate of drug-likeness (QED) is 0.839. The van der Waals surface area contributed by atoms with Gasteiger partial charge in [0.1, 0.15) is 5.01 Å². The molecule has 0 radical (unpaired) electrons. The number of hydrogen-bond acceptors (Lipinski definition) is 5. The van der Waals surface area contributed by atoms with Crippen LogP contribution >= 0.6 is 11.3 Å². The Balaban J connectivity index is 2.55. The molecule has 1 aromatic heterocycles. The van der Waals surface area contributed by atoms with Crippen molar-refractivity contribution < 1.29 is 9.53 Å². The number of aromatic nitrogens is 2. The van der Waals surface area contributed by atoms with Gasteiger partial charge in [0.05, 0.1) is 6.61 Å². The molecule has 0 aliphatic heterocycles. The zero-order valence-electron chi connectivity index (χ0n) is 8.40. The van der Waals surface area contributed by atoms with E-state index in [4.69, 9.17) is 4.74 Å². The van der Waals surface area contributed by atoms with Crippen molar-refractivity contribution >= 4 is 22.6 Å². The average Bonchev–Trinajstić information content (AvgIpc) is 2.53. The van der Waals surface area contributed by atoms with Gasteiger partial charge in [0.25, 0.3) is 0 Å². The first kappa shape index (κ1) is 10.9. The number of ether oxygens (including phenoxy) is 1. The molecule has 1 aromatic rings. The summed E-state index contributed by atoms with van der Waals surface area (Å²) in [6.45, 7) is 6.14. The second-order valence-corrected chi connectivity index (χ2v) is 3.95. The largest absolute Gasteiger partial charge is 0.450 e. The maximum Gasteiger partial charge on any atom is 0.413 e. The van der Waals surface area contributed by atoms with Gasteiger partial charge in [-0.1, -0.05) is 25.2 Å². The summed E-state index contributed by atoms with van der Waals surface area (Å²) in [5, 5.41) is 11.6. The summed E-state index contributed by atoms with van der Waals surface area (Å²) in [5.74, 6) is 0.324. The van der Waals surface area contributed by atoms with Crippen molar-refractivity contribution in [3.05, 3.63) is 5.01 Å². The molecule has 5 nitrogen and oxygen atoms in total. The van der Waals surface area contributed by atoms with Crippen LogP contribution in [0.1, 0.15) is 31.7 Å². The van der Waals surface area contributed by atoms with Gasteiger partial charge in [-0.3, -0.25) is 5.32 Å². The average molecular weight is 215 g/mol. The van der Waals surface area contributed by atoms with Crippen molar-refractivity contribution in [2.45, 2.75) is 26.7 Å². The van der Waals surface area contributed by atoms with Crippen LogP contribution in [0.5, 0.6) is 0 Å². The second-order valence-electron chi connectivity index (χ2n) is 2.95. The lowest BCUT2D eigenvalue weighted by molar-refractivity contribution is 0.168. The third-order valence-electron chi connectivity index (χ3n) is 1.42. The first-order valence-electron chi connectivity index (χ1n) is 4.40. The Labute approximate surface area is 86.5 Å². The normalized spacial score (nSPS) is 10.3. The third-order valence-corrected chi connectivity index (χ3v) is 2.56. The minimum absolute atomic E-state index is 0.324. The lowest BCUT2D eigenvalue weighted by Gasteiger charge is -1.99. The smallest absolute Gasteiger partial charge is 0.413 e. The zero-order chi connectivity index (χ0) is 10.6. The molecule has 6 heteroatoms. The highest BCUT2D eigenvalue weighted by Gasteiger charge is 2.10. The predicted molar refractivity (Wildman–Crippen MR) is 54.6 cm³/mol. The molecule has 0 spiro atoms. The van der Waals surface area contributed by atoms with Crippen LogP contribution in [-0.2, 0) is 4.74 Å². The molecule has 1 heterocycles. The molecule has 0 saturated carbocycles. The van der Waals surface area contributed by atoms with Crippen LogP contribution in [-0.4, -0.2) is 22.9 Å². The molecule has 0 aromatic carbocycles. The fraction of sp³-hybridized carbons (Fsp3) is 0.625. The van der Waals surface area contributed by atoms with E-state index < -0.39 is 6.09 Å². The monoisotopic (exact) mass is 215 g/mol. The van der Waals surface area contributed by atoms with Crippen LogP contribution in [0.2, 0.25) is 0 Å². The van der Waals surface area contributed by atoms with E-state index in [1.54, 1.807) is 6.92 Å². The second kappa shape index (κ2) is 4.90. The summed E-state index contributed by atoms with van der Waals surface area (Å²) < 4.78 is 4.70. The van der Waals surface area contributed by atoms with E-state index in [1.807, 2.05) is 13.8 Å². The van der Waals surface area contributed by atoms with Gasteiger partial charge in [-0.2, -0.15) is 0 Å². The fourth-order valence-corrected chi connectivity index (χ4v) is 1.50. The lowest BCUT2D eigenvalue weighted by atomic mass is 10.2. The maximum atomic E-state index is 11.0. The lowest BCUT2D eigenvalue weighted by Crippen LogP contribution is -2.12. The summed E-state index contributed by atoms with van der Waals surface area (Å²) in [6, 6.07) is 0. The number of carbonyl (C=O) groups excluding carboxylic acids is 1. The first-order chi connectivity index (χ1) is 6.63. The number of amides is 1. The minimum Gasteiger partial charge on any atom is -0.450 e. The van der Waals surface area contributed by atoms with Gasteiger partial charge in [-0.25, -0.2) is 4.79 Å². The summed E-state index contributed by atoms with van der Waals surface area (Å²) in [7, 11) is 0. The highest BCUT2D eigenvalue weighted by Crippen LogP contribution is 2.22. The van der Waals surface area contributed by atoms with Crippen molar-refractivity contribution in [1.29, 1.82) is 0 Å². The highest BCUT2D eigenvalue weighted by molar-refractivity contribution is 7.15. The molecule has 1 rings (SSSR count). The van der Waals surface area contributed by atoms with Gasteiger partial charge in [0, 0.05) is 5.92 Å². The van der Waals surface area contributed by atoms with Crippen LogP contribution in [0.3, 0.4) is 0 Å². The Kier molecular flexibility index (Phi) is 3.82. The number of nitrogens with one attached hydrogen (secondary N) is 1. The molecule has 1 N–H and O–H groups in total. The molecule has 14 heavy (non-hydrogen) atoms. The van der Waals surface area contributed by atoms with E-state index in [0.717, 1.165) is 5.01 Å². The number of hydrogen-bond donors (Lipinski definition) is 1. The van der Waals surface area contributed by atoms with Crippen LogP contribution in [0.15, 0.2) is 0 Å². The van der Waals surface area contributed by atoms with Crippen molar-refractivity contribution in [3.63, 3.8) is 0 Å². The van der Waals surface area contributed by atoms with Crippen LogP contribution < -0.4 is 5.32 Å². The summed E-state index contributed by atoms with van der Waals surface area (Å²) in [4.78, 5) is 11.0. The predicted octanol–water partition coefficient (Wildman–Crippen LogP) is 2.23. The van der Waals surface area contributed by atoms with E-state index >= 15 is 0 Å². The number of rotatable bonds is 3. The maximum absolute atomic E-state index is 11.0. The van der Waals surface area contributed by atoms with E-state index in [9.17, 15) is 4.79 Å². The minimum atomic E-state index is -0.487. The van der Waals surface area contributed by atoms with Gasteiger partial charge < -0.3 is 4.74 Å². The zero-order valence-corrected chi connectivity index (χ0v) is 9.22. The Morgan fingerprint density at radius 1 is 1.57 bits per heavy atom. The van der Waals surface area contributed by atoms with E-state index in [1.165, 1.54) is 11.3 Å². The molecule has 1 amide bonds.